The highest BCUT2D eigenvalue weighted by Gasteiger charge is 2.06. The fourth-order valence-electron chi connectivity index (χ4n) is 2.45. The number of hydrogen-bond donors (Lipinski definition) is 0. The molecule has 1 heterocycles. The number of aliphatic imine (C=N–C) groups is 1. The van der Waals surface area contributed by atoms with Gasteiger partial charge in [-0.25, -0.2) is 4.57 Å². The topological polar surface area (TPSA) is 22.7 Å². The molecule has 0 aliphatic rings. The number of hydrogen-bond acceptors (Lipinski definition) is 3. The van der Waals surface area contributed by atoms with Gasteiger partial charge in [0.25, 0.3) is 0 Å². The Morgan fingerprint density at radius 2 is 1.63 bits per heavy atom. The summed E-state index contributed by atoms with van der Waals surface area (Å²) in [6.45, 7) is 4.71. The first-order chi connectivity index (χ1) is 13.0. The molecule has 0 saturated heterocycles. The Labute approximate surface area is 167 Å². The predicted octanol–water partition coefficient (Wildman–Crippen LogP) is 4.00. The van der Waals surface area contributed by atoms with E-state index in [-0.39, 0.29) is 0 Å². The van der Waals surface area contributed by atoms with E-state index in [0.29, 0.717) is 0 Å². The number of benzene rings is 1. The van der Waals surface area contributed by atoms with Crippen LogP contribution in [0, 0.1) is 0 Å². The minimum atomic E-state index is 0.935. The summed E-state index contributed by atoms with van der Waals surface area (Å²) in [5.41, 5.74) is 3.60. The van der Waals surface area contributed by atoms with Crippen molar-refractivity contribution >= 4 is 34.8 Å². The molecule has 1 aromatic heterocycles. The molecule has 1 aromatic carbocycles. The van der Waals surface area contributed by atoms with Crippen LogP contribution in [-0.4, -0.2) is 44.0 Å². The number of rotatable bonds is 7. The van der Waals surface area contributed by atoms with Crippen LogP contribution < -0.4 is 9.47 Å². The van der Waals surface area contributed by atoms with Gasteiger partial charge < -0.3 is 9.80 Å². The van der Waals surface area contributed by atoms with E-state index in [9.17, 15) is 0 Å². The Hall–Kier alpha value is -2.53. The zero-order valence-electron chi connectivity index (χ0n) is 16.7. The Morgan fingerprint density at radius 1 is 1.04 bits per heavy atom. The van der Waals surface area contributed by atoms with Crippen molar-refractivity contribution in [3.05, 3.63) is 72.7 Å². The predicted molar refractivity (Wildman–Crippen MR) is 120 cm³/mol. The molecule has 142 valence electrons. The highest BCUT2D eigenvalue weighted by molar-refractivity contribution is 8.13. The minimum absolute atomic E-state index is 0.935. The van der Waals surface area contributed by atoms with E-state index in [1.54, 1.807) is 18.0 Å². The number of thioether (sulfide) groups is 1. The van der Waals surface area contributed by atoms with Crippen LogP contribution in [0.5, 0.6) is 0 Å². The van der Waals surface area contributed by atoms with Crippen molar-refractivity contribution < 1.29 is 4.57 Å². The molecule has 0 atom stereocenters. The molecule has 0 saturated carbocycles. The zero-order chi connectivity index (χ0) is 19.6. The first-order valence-corrected chi connectivity index (χ1v) is 9.91. The lowest BCUT2D eigenvalue weighted by atomic mass is 10.1. The molecule has 4 nitrogen and oxygen atoms in total. The smallest absolute Gasteiger partial charge is 0.169 e. The van der Waals surface area contributed by atoms with Crippen molar-refractivity contribution in [1.82, 2.24) is 4.90 Å². The first kappa shape index (κ1) is 20.8. The van der Waals surface area contributed by atoms with Crippen LogP contribution in [0.3, 0.4) is 0 Å². The van der Waals surface area contributed by atoms with Crippen LogP contribution in [0.15, 0.2) is 66.6 Å². The third kappa shape index (κ3) is 6.61. The molecular formula is C22H29N4S+. The summed E-state index contributed by atoms with van der Waals surface area (Å²) in [7, 11) is 7.88. The fraction of sp³-hybridized carbons (Fsp3) is 0.273. The van der Waals surface area contributed by atoms with Crippen molar-refractivity contribution in [3.63, 3.8) is 0 Å². The van der Waals surface area contributed by atoms with Gasteiger partial charge in [-0.15, -0.1) is 0 Å². The highest BCUT2D eigenvalue weighted by atomic mass is 32.2. The Bertz CT molecular complexity index is 777. The lowest BCUT2D eigenvalue weighted by molar-refractivity contribution is -0.692. The first-order valence-electron chi connectivity index (χ1n) is 8.93. The van der Waals surface area contributed by atoms with Crippen LogP contribution >= 0.6 is 11.8 Å². The van der Waals surface area contributed by atoms with Crippen molar-refractivity contribution in [2.24, 2.45) is 4.99 Å². The van der Waals surface area contributed by atoms with E-state index in [4.69, 9.17) is 0 Å². The van der Waals surface area contributed by atoms with Crippen molar-refractivity contribution in [3.8, 4) is 0 Å². The number of amidine groups is 1. The average molecular weight is 382 g/mol. The number of nitrogens with zero attached hydrogens (tertiary/aromatic N) is 4. The second-order valence-corrected chi connectivity index (χ2v) is 7.40. The number of aromatic nitrogens is 1. The summed E-state index contributed by atoms with van der Waals surface area (Å²) < 4.78 is 2.19. The number of pyridine rings is 1. The van der Waals surface area contributed by atoms with Crippen LogP contribution in [0.1, 0.15) is 11.1 Å². The molecule has 0 aliphatic carbocycles. The van der Waals surface area contributed by atoms with Crippen LogP contribution in [0.4, 0.5) is 5.69 Å². The van der Waals surface area contributed by atoms with Gasteiger partial charge in [0.15, 0.2) is 24.1 Å². The monoisotopic (exact) mass is 381 g/mol. The van der Waals surface area contributed by atoms with E-state index in [0.717, 1.165) is 17.5 Å². The summed E-state index contributed by atoms with van der Waals surface area (Å²) >= 11 is 1.73. The van der Waals surface area contributed by atoms with Crippen LogP contribution in [-0.2, 0) is 6.54 Å². The number of anilines is 1. The molecule has 2 rings (SSSR count). The summed E-state index contributed by atoms with van der Waals surface area (Å²) in [5, 5.41) is 0.977. The molecule has 0 radical (unpaired) electrons. The largest absolute Gasteiger partial charge is 0.378 e. The molecule has 0 amide bonds. The van der Waals surface area contributed by atoms with E-state index >= 15 is 0 Å². The normalized spacial score (nSPS) is 11.6. The quantitative estimate of drug-likeness (QED) is 0.411. The SMILES string of the molecule is C=CN(C)C(=NC)SCC[n+]1ccc(/C=C/c2ccc(N(C)C)cc2)cc1. The van der Waals surface area contributed by atoms with E-state index in [2.05, 4.69) is 96.1 Å². The number of aryl methyl sites for hydroxylation is 1. The molecule has 0 unspecified atom stereocenters. The van der Waals surface area contributed by atoms with Gasteiger partial charge in [-0.2, -0.15) is 0 Å². The average Bonchev–Trinajstić information content (AvgIpc) is 2.70. The summed E-state index contributed by atoms with van der Waals surface area (Å²) in [5.74, 6) is 0.961. The third-order valence-electron chi connectivity index (χ3n) is 4.14. The lowest BCUT2D eigenvalue weighted by Gasteiger charge is -2.14. The molecule has 0 bridgehead atoms. The molecule has 0 N–H and O–H groups in total. The molecule has 0 spiro atoms. The molecule has 2 aromatic rings. The Kier molecular flexibility index (Phi) is 8.14. The van der Waals surface area contributed by atoms with Gasteiger partial charge in [0.2, 0.25) is 0 Å². The van der Waals surface area contributed by atoms with Crippen LogP contribution in [0.2, 0.25) is 0 Å². The summed E-state index contributed by atoms with van der Waals surface area (Å²) in [6.07, 6.45) is 10.3. The van der Waals surface area contributed by atoms with Gasteiger partial charge in [-0.3, -0.25) is 4.99 Å². The van der Waals surface area contributed by atoms with Crippen LogP contribution in [0.25, 0.3) is 12.2 Å². The van der Waals surface area contributed by atoms with Crippen molar-refractivity contribution in [2.75, 3.05) is 38.8 Å². The summed E-state index contributed by atoms with van der Waals surface area (Å²) in [6, 6.07) is 12.8. The Morgan fingerprint density at radius 3 is 2.15 bits per heavy atom. The molecule has 0 aliphatic heterocycles. The second kappa shape index (κ2) is 10.6. The maximum absolute atomic E-state index is 4.29. The van der Waals surface area contributed by atoms with Gasteiger partial charge in [-0.1, -0.05) is 42.6 Å². The van der Waals surface area contributed by atoms with E-state index in [1.165, 1.54) is 16.8 Å². The minimum Gasteiger partial charge on any atom is -0.378 e. The third-order valence-corrected chi connectivity index (χ3v) is 5.26. The molecule has 0 fully saturated rings. The molecule has 27 heavy (non-hydrogen) atoms. The zero-order valence-corrected chi connectivity index (χ0v) is 17.5. The van der Waals surface area contributed by atoms with Gasteiger partial charge >= 0.3 is 0 Å². The van der Waals surface area contributed by atoms with Gasteiger partial charge in [-0.05, 0) is 29.5 Å². The maximum Gasteiger partial charge on any atom is 0.169 e. The standard InChI is InChI=1S/C22H29N4S/c1-6-25(5)22(23-2)27-18-17-26-15-13-20(14-16-26)8-7-19-9-11-21(12-10-19)24(3)4/h6-16H,1,17-18H2,2-5H3/q+1. The highest BCUT2D eigenvalue weighted by Crippen LogP contribution is 2.14. The van der Waals surface area contributed by atoms with Gasteiger partial charge in [0, 0.05) is 46.0 Å². The maximum atomic E-state index is 4.29. The second-order valence-electron chi connectivity index (χ2n) is 6.34. The molecular weight excluding hydrogens is 352 g/mol. The summed E-state index contributed by atoms with van der Waals surface area (Å²) in [4.78, 5) is 8.33. The van der Waals surface area contributed by atoms with Gasteiger partial charge in [0.05, 0.1) is 5.75 Å². The van der Waals surface area contributed by atoms with E-state index in [1.807, 2.05) is 19.0 Å². The fourth-order valence-corrected chi connectivity index (χ4v) is 3.34. The van der Waals surface area contributed by atoms with Gasteiger partial charge in [0.1, 0.15) is 0 Å². The lowest BCUT2D eigenvalue weighted by Crippen LogP contribution is -2.34. The molecule has 5 heteroatoms. The Balaban J connectivity index is 1.88. The van der Waals surface area contributed by atoms with E-state index < -0.39 is 0 Å². The van der Waals surface area contributed by atoms with Crippen molar-refractivity contribution in [1.29, 1.82) is 0 Å². The van der Waals surface area contributed by atoms with Crippen molar-refractivity contribution in [2.45, 2.75) is 6.54 Å².